The van der Waals surface area contributed by atoms with Crippen molar-refractivity contribution in [3.8, 4) is 56.2 Å². The second-order valence-electron chi connectivity index (χ2n) is 20.6. The molecule has 0 radical (unpaired) electrons. The van der Waals surface area contributed by atoms with Crippen molar-refractivity contribution in [3.63, 3.8) is 0 Å². The fourth-order valence-electron chi connectivity index (χ4n) is 9.79. The molecule has 0 spiro atoms. The molecule has 0 unspecified atom stereocenters. The number of nitrogens with zero attached hydrogens (tertiary/aromatic N) is 3. The van der Waals surface area contributed by atoms with Gasteiger partial charge in [-0.25, -0.2) is 4.98 Å². The molecule has 10 aromatic rings. The van der Waals surface area contributed by atoms with E-state index in [4.69, 9.17) is 9.97 Å². The highest BCUT2D eigenvalue weighted by molar-refractivity contribution is 6.05. The minimum atomic E-state index is -0.243. The van der Waals surface area contributed by atoms with Crippen LogP contribution >= 0.6 is 0 Å². The van der Waals surface area contributed by atoms with Crippen LogP contribution in [-0.2, 0) is 16.2 Å². The second-order valence-corrected chi connectivity index (χ2v) is 20.6. The molecule has 0 amide bonds. The summed E-state index contributed by atoms with van der Waals surface area (Å²) in [6, 6.07) is 60.9. The van der Waals surface area contributed by atoms with E-state index in [1.54, 1.807) is 0 Å². The standard InChI is InChI=1S/C62H57N3O/c1-39-33-50(57-52(34-39)54(31-32-63-57)62(8,9)45-21-11-10-12-22-45)41-19-15-20-42(35-41)51-36-43(49-24-16-18-40-17-13-14-23-48(40)49)37-55-58(51)64-59(53-38-46(61(5,6)7)27-30-56(53)66)65(55)47-28-25-44(26-29-47)60(2,3)4/h10-38,66H,1-9H3. The number of phenolic OH excluding ortho intramolecular Hbond substituents is 1. The van der Waals surface area contributed by atoms with Crippen LogP contribution in [0.4, 0.5) is 0 Å². The number of benzene rings is 8. The highest BCUT2D eigenvalue weighted by Crippen LogP contribution is 2.44. The molecule has 4 heteroatoms. The van der Waals surface area contributed by atoms with Crippen LogP contribution in [-0.4, -0.2) is 19.6 Å². The zero-order chi connectivity index (χ0) is 46.1. The lowest BCUT2D eigenvalue weighted by molar-refractivity contribution is 0.475. The molecule has 326 valence electrons. The third-order valence-corrected chi connectivity index (χ3v) is 13.6. The molecule has 8 aromatic carbocycles. The highest BCUT2D eigenvalue weighted by Gasteiger charge is 2.28. The molecule has 10 rings (SSSR count). The van der Waals surface area contributed by atoms with E-state index in [9.17, 15) is 5.11 Å². The van der Waals surface area contributed by atoms with Crippen LogP contribution in [0.2, 0.25) is 0 Å². The van der Waals surface area contributed by atoms with Crippen LogP contribution in [0, 0.1) is 6.92 Å². The third-order valence-electron chi connectivity index (χ3n) is 13.6. The molecule has 0 aliphatic heterocycles. The highest BCUT2D eigenvalue weighted by atomic mass is 16.3. The van der Waals surface area contributed by atoms with Gasteiger partial charge in [-0.05, 0) is 139 Å². The Morgan fingerprint density at radius 1 is 0.470 bits per heavy atom. The number of hydrogen-bond donors (Lipinski definition) is 1. The Labute approximate surface area is 389 Å². The number of aryl methyl sites for hydroxylation is 1. The first-order chi connectivity index (χ1) is 31.6. The molecule has 0 saturated carbocycles. The van der Waals surface area contributed by atoms with E-state index in [0.717, 1.165) is 66.6 Å². The van der Waals surface area contributed by atoms with Crippen molar-refractivity contribution < 1.29 is 5.11 Å². The van der Waals surface area contributed by atoms with E-state index in [1.165, 1.54) is 33.0 Å². The Kier molecular flexibility index (Phi) is 10.3. The topological polar surface area (TPSA) is 50.9 Å². The molecular formula is C62H57N3O. The van der Waals surface area contributed by atoms with Gasteiger partial charge in [-0.2, -0.15) is 0 Å². The van der Waals surface area contributed by atoms with Gasteiger partial charge in [0.2, 0.25) is 0 Å². The molecule has 0 fully saturated rings. The van der Waals surface area contributed by atoms with Gasteiger partial charge in [0, 0.05) is 33.8 Å². The lowest BCUT2D eigenvalue weighted by Crippen LogP contribution is -2.19. The number of phenols is 1. The summed E-state index contributed by atoms with van der Waals surface area (Å²) in [5, 5.41) is 15.3. The molecule has 0 saturated heterocycles. The molecule has 0 atom stereocenters. The van der Waals surface area contributed by atoms with E-state index in [0.29, 0.717) is 11.4 Å². The van der Waals surface area contributed by atoms with Gasteiger partial charge in [-0.1, -0.05) is 165 Å². The lowest BCUT2D eigenvalue weighted by Gasteiger charge is -2.28. The van der Waals surface area contributed by atoms with Gasteiger partial charge in [-0.3, -0.25) is 9.55 Å². The van der Waals surface area contributed by atoms with Crippen LogP contribution in [0.25, 0.3) is 83.2 Å². The predicted molar refractivity (Wildman–Crippen MR) is 278 cm³/mol. The zero-order valence-electron chi connectivity index (χ0n) is 39.5. The van der Waals surface area contributed by atoms with Crippen LogP contribution in [0.15, 0.2) is 176 Å². The molecular weight excluding hydrogens is 803 g/mol. The first-order valence-corrected chi connectivity index (χ1v) is 23.1. The van der Waals surface area contributed by atoms with Gasteiger partial charge < -0.3 is 5.11 Å². The summed E-state index contributed by atoms with van der Waals surface area (Å²) in [6.07, 6.45) is 1.97. The summed E-state index contributed by atoms with van der Waals surface area (Å²) in [7, 11) is 0. The number of aromatic hydroxyl groups is 1. The van der Waals surface area contributed by atoms with Crippen LogP contribution in [0.1, 0.15) is 83.2 Å². The summed E-state index contributed by atoms with van der Waals surface area (Å²) in [6.45, 7) is 20.1. The Morgan fingerprint density at radius 2 is 1.12 bits per heavy atom. The maximum absolute atomic E-state index is 11.8. The van der Waals surface area contributed by atoms with Crippen molar-refractivity contribution in [2.45, 2.75) is 78.6 Å². The number of pyridine rings is 1. The Bertz CT molecular complexity index is 3470. The monoisotopic (exact) mass is 859 g/mol. The second kappa shape index (κ2) is 16.0. The van der Waals surface area contributed by atoms with Gasteiger partial charge in [0.05, 0.1) is 22.1 Å². The van der Waals surface area contributed by atoms with Gasteiger partial charge in [0.25, 0.3) is 0 Å². The van der Waals surface area contributed by atoms with Gasteiger partial charge in [-0.15, -0.1) is 0 Å². The minimum absolute atomic E-state index is 0.0186. The quantitative estimate of drug-likeness (QED) is 0.174. The van der Waals surface area contributed by atoms with Crippen LogP contribution < -0.4 is 0 Å². The number of hydrogen-bond acceptors (Lipinski definition) is 3. The van der Waals surface area contributed by atoms with E-state index in [1.807, 2.05) is 18.3 Å². The van der Waals surface area contributed by atoms with E-state index < -0.39 is 0 Å². The summed E-state index contributed by atoms with van der Waals surface area (Å²) in [4.78, 5) is 10.7. The molecule has 1 N–H and O–H groups in total. The number of fused-ring (bicyclic) bond motifs is 3. The van der Waals surface area contributed by atoms with Crippen molar-refractivity contribution in [2.75, 3.05) is 0 Å². The van der Waals surface area contributed by atoms with Crippen molar-refractivity contribution in [3.05, 3.63) is 204 Å². The van der Waals surface area contributed by atoms with E-state index >= 15 is 0 Å². The maximum atomic E-state index is 11.8. The summed E-state index contributed by atoms with van der Waals surface area (Å²) >= 11 is 0. The van der Waals surface area contributed by atoms with Crippen molar-refractivity contribution >= 4 is 32.7 Å². The molecule has 4 nitrogen and oxygen atoms in total. The van der Waals surface area contributed by atoms with Gasteiger partial charge >= 0.3 is 0 Å². The largest absolute Gasteiger partial charge is 0.507 e. The molecule has 2 aromatic heterocycles. The first kappa shape index (κ1) is 42.6. The lowest BCUT2D eigenvalue weighted by atomic mass is 9.76. The SMILES string of the molecule is Cc1cc(-c2cccc(-c3cc(-c4cccc5ccccc45)cc4c3nc(-c3cc(C(C)(C)C)ccc3O)n4-c3ccc(C(C)(C)C)cc3)c2)c2nccc(C(C)(C)c3ccccc3)c2c1. The molecule has 0 aliphatic carbocycles. The Hall–Kier alpha value is -7.30. The fourth-order valence-corrected chi connectivity index (χ4v) is 9.79. The Morgan fingerprint density at radius 3 is 1.85 bits per heavy atom. The van der Waals surface area contributed by atoms with Crippen molar-refractivity contribution in [2.24, 2.45) is 0 Å². The van der Waals surface area contributed by atoms with Crippen molar-refractivity contribution in [1.29, 1.82) is 0 Å². The number of aromatic nitrogens is 3. The smallest absolute Gasteiger partial charge is 0.149 e. The van der Waals surface area contributed by atoms with Gasteiger partial charge in [0.15, 0.2) is 0 Å². The molecule has 66 heavy (non-hydrogen) atoms. The molecule has 2 heterocycles. The fraction of sp³-hybridized carbons (Fsp3) is 0.194. The average Bonchev–Trinajstić information content (AvgIpc) is 3.69. The normalized spacial score (nSPS) is 12.4. The predicted octanol–water partition coefficient (Wildman–Crippen LogP) is 16.3. The minimum Gasteiger partial charge on any atom is -0.507 e. The summed E-state index contributed by atoms with van der Waals surface area (Å²) in [5.74, 6) is 0.879. The summed E-state index contributed by atoms with van der Waals surface area (Å²) < 4.78 is 2.25. The molecule has 0 aliphatic rings. The number of rotatable bonds is 7. The first-order valence-electron chi connectivity index (χ1n) is 23.1. The van der Waals surface area contributed by atoms with Gasteiger partial charge in [0.1, 0.15) is 11.6 Å². The van der Waals surface area contributed by atoms with Crippen molar-refractivity contribution in [1.82, 2.24) is 14.5 Å². The maximum Gasteiger partial charge on any atom is 0.149 e. The summed E-state index contributed by atoms with van der Waals surface area (Å²) in [5.41, 5.74) is 16.6. The van der Waals surface area contributed by atoms with Crippen LogP contribution in [0.5, 0.6) is 5.75 Å². The number of imidazole rings is 1. The third kappa shape index (κ3) is 7.54. The van der Waals surface area contributed by atoms with Crippen LogP contribution in [0.3, 0.4) is 0 Å². The van der Waals surface area contributed by atoms with E-state index in [-0.39, 0.29) is 22.0 Å². The Balaban J connectivity index is 1.26. The average molecular weight is 860 g/mol. The zero-order valence-corrected chi connectivity index (χ0v) is 39.5. The van der Waals surface area contributed by atoms with E-state index in [2.05, 4.69) is 225 Å². The molecule has 0 bridgehead atoms.